The van der Waals surface area contributed by atoms with Gasteiger partial charge >= 0.3 is 0 Å². The number of para-hydroxylation sites is 1. The van der Waals surface area contributed by atoms with Crippen LogP contribution < -0.4 is 10.5 Å². The fourth-order valence-electron chi connectivity index (χ4n) is 2.55. The Balaban J connectivity index is 2.24. The highest BCUT2D eigenvalue weighted by atomic mass is 16.5. The average molecular weight is 283 g/mol. The van der Waals surface area contributed by atoms with Crippen molar-refractivity contribution in [2.75, 3.05) is 0 Å². The highest BCUT2D eigenvalue weighted by Gasteiger charge is 2.25. The number of rotatable bonds is 6. The summed E-state index contributed by atoms with van der Waals surface area (Å²) in [4.78, 5) is 0. The van der Waals surface area contributed by atoms with E-state index >= 15 is 0 Å². The van der Waals surface area contributed by atoms with E-state index in [1.807, 2.05) is 36.4 Å². The normalized spacial score (nSPS) is 14.0. The molecule has 0 heterocycles. The lowest BCUT2D eigenvalue weighted by molar-refractivity contribution is 0.122. The first kappa shape index (κ1) is 15.6. The summed E-state index contributed by atoms with van der Waals surface area (Å²) >= 11 is 0. The summed E-state index contributed by atoms with van der Waals surface area (Å²) in [6, 6.07) is 18.3. The molecule has 2 aromatic rings. The molecule has 0 amide bonds. The highest BCUT2D eigenvalue weighted by Crippen LogP contribution is 2.27. The SMILES string of the molecule is CCc1ccccc1OC(C(C)C)C(N)c1ccccc1. The van der Waals surface area contributed by atoms with Crippen LogP contribution in [0.2, 0.25) is 0 Å². The molecule has 112 valence electrons. The molecular weight excluding hydrogens is 258 g/mol. The van der Waals surface area contributed by atoms with Crippen LogP contribution in [0.5, 0.6) is 5.75 Å². The molecule has 2 aromatic carbocycles. The molecule has 0 spiro atoms. The van der Waals surface area contributed by atoms with Crippen molar-refractivity contribution in [2.24, 2.45) is 11.7 Å². The molecule has 21 heavy (non-hydrogen) atoms. The molecule has 2 rings (SSSR count). The topological polar surface area (TPSA) is 35.2 Å². The Labute approximate surface area is 127 Å². The van der Waals surface area contributed by atoms with Crippen molar-refractivity contribution >= 4 is 0 Å². The summed E-state index contributed by atoms with van der Waals surface area (Å²) in [5.74, 6) is 1.29. The van der Waals surface area contributed by atoms with Gasteiger partial charge in [-0.15, -0.1) is 0 Å². The fourth-order valence-corrected chi connectivity index (χ4v) is 2.55. The van der Waals surface area contributed by atoms with Crippen molar-refractivity contribution in [1.82, 2.24) is 0 Å². The van der Waals surface area contributed by atoms with E-state index < -0.39 is 0 Å². The third-order valence-electron chi connectivity index (χ3n) is 3.81. The molecule has 0 aliphatic heterocycles. The molecular formula is C19H25NO. The van der Waals surface area contributed by atoms with E-state index in [9.17, 15) is 0 Å². The van der Waals surface area contributed by atoms with Crippen LogP contribution in [0.15, 0.2) is 54.6 Å². The molecule has 0 saturated heterocycles. The van der Waals surface area contributed by atoms with Crippen molar-refractivity contribution in [3.8, 4) is 5.75 Å². The molecule has 0 radical (unpaired) electrons. The summed E-state index contributed by atoms with van der Waals surface area (Å²) in [5, 5.41) is 0. The predicted octanol–water partition coefficient (Wildman–Crippen LogP) is 4.35. The van der Waals surface area contributed by atoms with Crippen LogP contribution >= 0.6 is 0 Å². The zero-order chi connectivity index (χ0) is 15.2. The number of hydrogen-bond acceptors (Lipinski definition) is 2. The Hall–Kier alpha value is -1.80. The van der Waals surface area contributed by atoms with Crippen molar-refractivity contribution in [2.45, 2.75) is 39.3 Å². The summed E-state index contributed by atoms with van der Waals surface area (Å²) in [6.07, 6.45) is 0.918. The second-order valence-corrected chi connectivity index (χ2v) is 5.72. The van der Waals surface area contributed by atoms with E-state index in [-0.39, 0.29) is 12.1 Å². The average Bonchev–Trinajstić information content (AvgIpc) is 2.53. The molecule has 2 atom stereocenters. The van der Waals surface area contributed by atoms with Gasteiger partial charge < -0.3 is 10.5 Å². The maximum Gasteiger partial charge on any atom is 0.123 e. The van der Waals surface area contributed by atoms with E-state index in [4.69, 9.17) is 10.5 Å². The molecule has 0 bridgehead atoms. The van der Waals surface area contributed by atoms with E-state index in [0.29, 0.717) is 5.92 Å². The zero-order valence-electron chi connectivity index (χ0n) is 13.1. The Morgan fingerprint density at radius 2 is 1.57 bits per heavy atom. The molecule has 0 aliphatic carbocycles. The largest absolute Gasteiger partial charge is 0.488 e. The van der Waals surface area contributed by atoms with Gasteiger partial charge in [0.05, 0.1) is 6.04 Å². The van der Waals surface area contributed by atoms with Crippen LogP contribution in [-0.2, 0) is 6.42 Å². The van der Waals surface area contributed by atoms with Gasteiger partial charge in [-0.3, -0.25) is 0 Å². The quantitative estimate of drug-likeness (QED) is 0.855. The minimum atomic E-state index is -0.129. The van der Waals surface area contributed by atoms with E-state index in [1.54, 1.807) is 0 Å². The number of hydrogen-bond donors (Lipinski definition) is 1. The smallest absolute Gasteiger partial charge is 0.123 e. The van der Waals surface area contributed by atoms with Gasteiger partial charge in [0.25, 0.3) is 0 Å². The second-order valence-electron chi connectivity index (χ2n) is 5.72. The first-order valence-electron chi connectivity index (χ1n) is 7.68. The van der Waals surface area contributed by atoms with Gasteiger partial charge in [-0.25, -0.2) is 0 Å². The Bertz CT molecular complexity index is 551. The highest BCUT2D eigenvalue weighted by molar-refractivity contribution is 5.34. The summed E-state index contributed by atoms with van der Waals surface area (Å²) in [7, 11) is 0. The Kier molecular flexibility index (Phi) is 5.40. The van der Waals surface area contributed by atoms with Gasteiger partial charge in [0.15, 0.2) is 0 Å². The molecule has 0 saturated carbocycles. The van der Waals surface area contributed by atoms with Gasteiger partial charge in [-0.1, -0.05) is 69.3 Å². The van der Waals surface area contributed by atoms with Crippen LogP contribution in [0, 0.1) is 5.92 Å². The number of aryl methyl sites for hydroxylation is 1. The third-order valence-corrected chi connectivity index (χ3v) is 3.81. The van der Waals surface area contributed by atoms with Crippen LogP contribution in [0.25, 0.3) is 0 Å². The molecule has 0 aliphatic rings. The second kappa shape index (κ2) is 7.28. The van der Waals surface area contributed by atoms with Gasteiger partial charge in [0.2, 0.25) is 0 Å². The molecule has 0 aromatic heterocycles. The van der Waals surface area contributed by atoms with Gasteiger partial charge in [0.1, 0.15) is 11.9 Å². The van der Waals surface area contributed by atoms with Gasteiger partial charge in [-0.05, 0) is 29.5 Å². The van der Waals surface area contributed by atoms with Crippen LogP contribution in [0.4, 0.5) is 0 Å². The lowest BCUT2D eigenvalue weighted by atomic mass is 9.94. The predicted molar refractivity (Wildman–Crippen MR) is 88.4 cm³/mol. The first-order chi connectivity index (χ1) is 10.1. The minimum absolute atomic E-state index is 0.0416. The standard InChI is InChI=1S/C19H25NO/c1-4-15-10-8-9-13-17(15)21-19(14(2)3)18(20)16-11-6-5-7-12-16/h5-14,18-19H,4,20H2,1-3H3. The van der Waals surface area contributed by atoms with Gasteiger partial charge in [-0.2, -0.15) is 0 Å². The van der Waals surface area contributed by atoms with Crippen molar-refractivity contribution in [1.29, 1.82) is 0 Å². The number of benzene rings is 2. The van der Waals surface area contributed by atoms with E-state index in [2.05, 4.69) is 39.0 Å². The van der Waals surface area contributed by atoms with Gasteiger partial charge in [0, 0.05) is 0 Å². The summed E-state index contributed by atoms with van der Waals surface area (Å²) < 4.78 is 6.29. The fraction of sp³-hybridized carbons (Fsp3) is 0.368. The maximum absolute atomic E-state index is 6.45. The molecule has 0 fully saturated rings. The monoisotopic (exact) mass is 283 g/mol. The summed E-state index contributed by atoms with van der Waals surface area (Å²) in [6.45, 7) is 6.45. The Morgan fingerprint density at radius 3 is 2.19 bits per heavy atom. The lowest BCUT2D eigenvalue weighted by Gasteiger charge is -2.29. The minimum Gasteiger partial charge on any atom is -0.488 e. The zero-order valence-corrected chi connectivity index (χ0v) is 13.1. The van der Waals surface area contributed by atoms with Crippen LogP contribution in [0.1, 0.15) is 37.9 Å². The van der Waals surface area contributed by atoms with Crippen LogP contribution in [0.3, 0.4) is 0 Å². The van der Waals surface area contributed by atoms with E-state index in [0.717, 1.165) is 17.7 Å². The first-order valence-corrected chi connectivity index (χ1v) is 7.68. The van der Waals surface area contributed by atoms with E-state index in [1.165, 1.54) is 5.56 Å². The van der Waals surface area contributed by atoms with Crippen molar-refractivity contribution in [3.05, 3.63) is 65.7 Å². The van der Waals surface area contributed by atoms with Crippen molar-refractivity contribution in [3.63, 3.8) is 0 Å². The van der Waals surface area contributed by atoms with Crippen molar-refractivity contribution < 1.29 is 4.74 Å². The third kappa shape index (κ3) is 3.85. The molecule has 2 nitrogen and oxygen atoms in total. The number of nitrogens with two attached hydrogens (primary N) is 1. The Morgan fingerprint density at radius 1 is 0.952 bits per heavy atom. The maximum atomic E-state index is 6.45. The molecule has 2 heteroatoms. The number of ether oxygens (including phenoxy) is 1. The molecule has 2 unspecified atom stereocenters. The molecule has 2 N–H and O–H groups in total. The lowest BCUT2D eigenvalue weighted by Crippen LogP contribution is -2.36. The summed E-state index contributed by atoms with van der Waals surface area (Å²) in [5.41, 5.74) is 8.80. The van der Waals surface area contributed by atoms with Crippen LogP contribution in [-0.4, -0.2) is 6.10 Å².